The minimum absolute atomic E-state index is 0.220. The molecule has 1 unspecified atom stereocenters. The van der Waals surface area contributed by atoms with Crippen molar-refractivity contribution in [2.24, 2.45) is 5.92 Å². The molecule has 4 nitrogen and oxygen atoms in total. The molecule has 1 amide bonds. The van der Waals surface area contributed by atoms with Crippen molar-refractivity contribution in [2.75, 3.05) is 6.61 Å². The summed E-state index contributed by atoms with van der Waals surface area (Å²) in [7, 11) is 0. The average molecular weight is 738 g/mol. The SMILES string of the molecule is CCCCCCCCCCCCCCCOC(=O)C(CC(C)C)NC(=O)C(F)(F)C(F)(F)C(F)(F)C(F)(F)C(F)(F)C(F)(F)C(F)(F)F. The highest BCUT2D eigenvalue weighted by Crippen LogP contribution is 2.62. The Balaban J connectivity index is 5.37. The highest BCUT2D eigenvalue weighted by Gasteiger charge is 2.94. The molecule has 0 aromatic heterocycles. The third kappa shape index (κ3) is 10.9. The van der Waals surface area contributed by atoms with Gasteiger partial charge in [-0.25, -0.2) is 4.79 Å². The molecular formula is C29H42F15NO3. The maximum Gasteiger partial charge on any atom is 0.460 e. The van der Waals surface area contributed by atoms with Crippen LogP contribution in [0.4, 0.5) is 65.9 Å². The largest absolute Gasteiger partial charge is 0.464 e. The molecule has 0 spiro atoms. The highest BCUT2D eigenvalue weighted by molar-refractivity contribution is 5.89. The first-order valence-electron chi connectivity index (χ1n) is 15.5. The fourth-order valence-corrected chi connectivity index (χ4v) is 4.44. The topological polar surface area (TPSA) is 55.4 Å². The zero-order valence-electron chi connectivity index (χ0n) is 26.7. The number of carbonyl (C=O) groups excluding carboxylic acids is 2. The third-order valence-electron chi connectivity index (χ3n) is 7.40. The first-order valence-corrected chi connectivity index (χ1v) is 15.5. The second kappa shape index (κ2) is 18.2. The predicted octanol–water partition coefficient (Wildman–Crippen LogP) is 10.5. The summed E-state index contributed by atoms with van der Waals surface area (Å²) in [5, 5.41) is 0.874. The molecule has 0 heterocycles. The van der Waals surface area contributed by atoms with Gasteiger partial charge in [-0.3, -0.25) is 4.79 Å². The summed E-state index contributed by atoms with van der Waals surface area (Å²) >= 11 is 0. The molecular weight excluding hydrogens is 695 g/mol. The number of ether oxygens (including phenoxy) is 1. The van der Waals surface area contributed by atoms with E-state index in [2.05, 4.69) is 6.92 Å². The molecule has 0 aliphatic heterocycles. The van der Waals surface area contributed by atoms with Crippen LogP contribution < -0.4 is 5.32 Å². The smallest absolute Gasteiger partial charge is 0.460 e. The quantitative estimate of drug-likeness (QED) is 0.0610. The molecule has 19 heteroatoms. The van der Waals surface area contributed by atoms with Crippen LogP contribution in [0.15, 0.2) is 0 Å². The van der Waals surface area contributed by atoms with Crippen LogP contribution in [0.1, 0.15) is 111 Å². The van der Waals surface area contributed by atoms with Crippen molar-refractivity contribution >= 4 is 11.9 Å². The number of nitrogens with one attached hydrogen (secondary N) is 1. The molecule has 1 atom stereocenters. The summed E-state index contributed by atoms with van der Waals surface area (Å²) < 4.78 is 207. The summed E-state index contributed by atoms with van der Waals surface area (Å²) in [6, 6.07) is -2.30. The van der Waals surface area contributed by atoms with Crippen LogP contribution >= 0.6 is 0 Å². The van der Waals surface area contributed by atoms with Crippen molar-refractivity contribution in [3.63, 3.8) is 0 Å². The maximum atomic E-state index is 14.3. The van der Waals surface area contributed by atoms with E-state index in [4.69, 9.17) is 4.74 Å². The summed E-state index contributed by atoms with van der Waals surface area (Å²) in [5.74, 6) is -54.6. The standard InChI is InChI=1S/C29H42F15NO3/c1-4-5-6-7-8-9-10-11-12-13-14-15-16-17-48-21(46)20(18-19(2)3)45-22(47)23(30,31)24(32,33)25(34,35)26(36,37)27(38,39)28(40,41)29(42,43)44/h19-20H,4-18H2,1-3H3,(H,45,47). The number of unbranched alkanes of at least 4 members (excludes halogenated alkanes) is 12. The van der Waals surface area contributed by atoms with Gasteiger partial charge < -0.3 is 10.1 Å². The van der Waals surface area contributed by atoms with E-state index in [9.17, 15) is 75.4 Å². The lowest BCUT2D eigenvalue weighted by atomic mass is 9.90. The van der Waals surface area contributed by atoms with Crippen molar-refractivity contribution in [3.05, 3.63) is 0 Å². The zero-order chi connectivity index (χ0) is 37.8. The Morgan fingerprint density at radius 1 is 0.542 bits per heavy atom. The van der Waals surface area contributed by atoms with Gasteiger partial charge in [-0.2, -0.15) is 65.9 Å². The van der Waals surface area contributed by atoms with Crippen LogP contribution in [0.5, 0.6) is 0 Å². The molecule has 0 saturated carbocycles. The molecule has 0 bridgehead atoms. The van der Waals surface area contributed by atoms with E-state index in [1.165, 1.54) is 33.1 Å². The Bertz CT molecular complexity index is 985. The molecule has 0 aliphatic rings. The molecule has 0 fully saturated rings. The minimum Gasteiger partial charge on any atom is -0.464 e. The fourth-order valence-electron chi connectivity index (χ4n) is 4.44. The summed E-state index contributed by atoms with van der Waals surface area (Å²) in [5.41, 5.74) is 0. The van der Waals surface area contributed by atoms with Gasteiger partial charge in [0.2, 0.25) is 0 Å². The van der Waals surface area contributed by atoms with E-state index in [-0.39, 0.29) is 13.0 Å². The summed E-state index contributed by atoms with van der Waals surface area (Å²) in [6.07, 6.45) is 4.01. The lowest BCUT2D eigenvalue weighted by molar-refractivity contribution is -0.449. The van der Waals surface area contributed by atoms with Gasteiger partial charge in [0.15, 0.2) is 0 Å². The molecule has 0 aromatic carbocycles. The van der Waals surface area contributed by atoms with E-state index in [1.807, 2.05) is 0 Å². The maximum absolute atomic E-state index is 14.3. The fraction of sp³-hybridized carbons (Fsp3) is 0.931. The molecule has 0 aromatic rings. The van der Waals surface area contributed by atoms with E-state index in [0.29, 0.717) is 12.8 Å². The molecule has 1 N–H and O–H groups in total. The summed E-state index contributed by atoms with van der Waals surface area (Å²) in [6.45, 7) is 4.34. The lowest BCUT2D eigenvalue weighted by Crippen LogP contribution is -2.74. The molecule has 286 valence electrons. The average Bonchev–Trinajstić information content (AvgIpc) is 2.95. The summed E-state index contributed by atoms with van der Waals surface area (Å²) in [4.78, 5) is 24.3. The Morgan fingerprint density at radius 2 is 0.896 bits per heavy atom. The monoisotopic (exact) mass is 737 g/mol. The number of hydrogen-bond acceptors (Lipinski definition) is 3. The molecule has 0 aliphatic carbocycles. The predicted molar refractivity (Wildman–Crippen MR) is 144 cm³/mol. The number of amides is 1. The first kappa shape index (κ1) is 45.9. The number of carbonyl (C=O) groups is 2. The van der Waals surface area contributed by atoms with Gasteiger partial charge in [-0.05, 0) is 18.8 Å². The van der Waals surface area contributed by atoms with E-state index < -0.39 is 72.0 Å². The van der Waals surface area contributed by atoms with Crippen molar-refractivity contribution in [1.82, 2.24) is 5.32 Å². The van der Waals surface area contributed by atoms with Crippen LogP contribution in [-0.2, 0) is 14.3 Å². The molecule has 0 radical (unpaired) electrons. The van der Waals surface area contributed by atoms with Crippen LogP contribution in [0.2, 0.25) is 0 Å². The van der Waals surface area contributed by atoms with Crippen molar-refractivity contribution in [3.8, 4) is 0 Å². The number of hydrogen-bond donors (Lipinski definition) is 1. The number of esters is 1. The van der Waals surface area contributed by atoms with Crippen molar-refractivity contribution in [1.29, 1.82) is 0 Å². The van der Waals surface area contributed by atoms with Gasteiger partial charge in [0.1, 0.15) is 6.04 Å². The highest BCUT2D eigenvalue weighted by atomic mass is 19.4. The Labute approximate surface area is 268 Å². The number of alkyl halides is 15. The second-order valence-corrected chi connectivity index (χ2v) is 12.0. The minimum atomic E-state index is -8.52. The van der Waals surface area contributed by atoms with Gasteiger partial charge in [0.05, 0.1) is 6.61 Å². The van der Waals surface area contributed by atoms with Gasteiger partial charge in [0.25, 0.3) is 5.91 Å². The van der Waals surface area contributed by atoms with Gasteiger partial charge in [-0.1, -0.05) is 97.8 Å². The van der Waals surface area contributed by atoms with E-state index in [1.54, 1.807) is 0 Å². The molecule has 48 heavy (non-hydrogen) atoms. The van der Waals surface area contributed by atoms with Gasteiger partial charge in [-0.15, -0.1) is 0 Å². The van der Waals surface area contributed by atoms with Crippen LogP contribution in [-0.4, -0.2) is 66.2 Å². The molecule has 0 saturated heterocycles. The van der Waals surface area contributed by atoms with E-state index in [0.717, 1.165) is 50.3 Å². The Morgan fingerprint density at radius 3 is 1.27 bits per heavy atom. The van der Waals surface area contributed by atoms with Crippen LogP contribution in [0.3, 0.4) is 0 Å². The molecule has 0 rings (SSSR count). The number of rotatable bonds is 24. The normalized spacial score (nSPS) is 14.7. The van der Waals surface area contributed by atoms with Crippen LogP contribution in [0, 0.1) is 5.92 Å². The number of halogens is 15. The third-order valence-corrected chi connectivity index (χ3v) is 7.40. The van der Waals surface area contributed by atoms with E-state index >= 15 is 0 Å². The van der Waals surface area contributed by atoms with Crippen LogP contribution in [0.25, 0.3) is 0 Å². The Kier molecular flexibility index (Phi) is 17.4. The lowest BCUT2D eigenvalue weighted by Gasteiger charge is -2.41. The van der Waals surface area contributed by atoms with Gasteiger partial charge >= 0.3 is 47.7 Å². The Hall–Kier alpha value is -2.11. The first-order chi connectivity index (χ1) is 21.7. The second-order valence-electron chi connectivity index (χ2n) is 12.0. The van der Waals surface area contributed by atoms with Crippen molar-refractivity contribution < 1.29 is 80.2 Å². The zero-order valence-corrected chi connectivity index (χ0v) is 26.7. The van der Waals surface area contributed by atoms with Crippen molar-refractivity contribution in [2.45, 2.75) is 158 Å². The van der Waals surface area contributed by atoms with Gasteiger partial charge in [0, 0.05) is 0 Å².